The number of allylic oxidation sites excluding steroid dienone is 1. The SMILES string of the molecule is CC/C(=C(/c1ccccc1)c1ccc(OC(C)=O)cc1)c1ccc(OC(C)=O)cc1. The van der Waals surface area contributed by atoms with E-state index >= 15 is 0 Å². The molecule has 4 nitrogen and oxygen atoms in total. The first-order valence-electron chi connectivity index (χ1n) is 9.84. The maximum atomic E-state index is 11.2. The van der Waals surface area contributed by atoms with Crippen molar-refractivity contribution < 1.29 is 19.1 Å². The molecule has 0 spiro atoms. The first kappa shape index (κ1) is 21.1. The third-order valence-electron chi connectivity index (χ3n) is 4.59. The molecule has 0 aromatic heterocycles. The molecule has 0 aliphatic carbocycles. The Morgan fingerprint density at radius 2 is 1.07 bits per heavy atom. The van der Waals surface area contributed by atoms with Crippen molar-refractivity contribution in [2.75, 3.05) is 0 Å². The number of hydrogen-bond acceptors (Lipinski definition) is 4. The van der Waals surface area contributed by atoms with Crippen LogP contribution in [0.15, 0.2) is 78.9 Å². The largest absolute Gasteiger partial charge is 0.427 e. The van der Waals surface area contributed by atoms with Gasteiger partial charge in [0.15, 0.2) is 0 Å². The van der Waals surface area contributed by atoms with Crippen molar-refractivity contribution in [1.82, 2.24) is 0 Å². The summed E-state index contributed by atoms with van der Waals surface area (Å²) in [4.78, 5) is 22.4. The molecule has 4 heteroatoms. The van der Waals surface area contributed by atoms with E-state index in [9.17, 15) is 9.59 Å². The van der Waals surface area contributed by atoms with Gasteiger partial charge in [-0.1, -0.05) is 61.5 Å². The van der Waals surface area contributed by atoms with E-state index in [2.05, 4.69) is 19.1 Å². The zero-order chi connectivity index (χ0) is 21.5. The van der Waals surface area contributed by atoms with E-state index in [0.717, 1.165) is 34.3 Å². The van der Waals surface area contributed by atoms with Crippen molar-refractivity contribution in [2.24, 2.45) is 0 Å². The van der Waals surface area contributed by atoms with Crippen LogP contribution in [0.3, 0.4) is 0 Å². The van der Waals surface area contributed by atoms with Gasteiger partial charge in [0.1, 0.15) is 11.5 Å². The van der Waals surface area contributed by atoms with Gasteiger partial charge >= 0.3 is 11.9 Å². The first-order chi connectivity index (χ1) is 14.5. The lowest BCUT2D eigenvalue weighted by Crippen LogP contribution is -2.02. The number of rotatable bonds is 6. The van der Waals surface area contributed by atoms with Gasteiger partial charge in [-0.3, -0.25) is 9.59 Å². The topological polar surface area (TPSA) is 52.6 Å². The lowest BCUT2D eigenvalue weighted by atomic mass is 9.88. The average molecular weight is 400 g/mol. The van der Waals surface area contributed by atoms with Crippen LogP contribution in [0, 0.1) is 0 Å². The molecule has 30 heavy (non-hydrogen) atoms. The van der Waals surface area contributed by atoms with E-state index in [1.165, 1.54) is 13.8 Å². The summed E-state index contributed by atoms with van der Waals surface area (Å²) in [6, 6.07) is 25.2. The van der Waals surface area contributed by atoms with Crippen molar-refractivity contribution >= 4 is 23.1 Å². The van der Waals surface area contributed by atoms with Crippen molar-refractivity contribution in [3.05, 3.63) is 95.6 Å². The van der Waals surface area contributed by atoms with Crippen LogP contribution in [0.4, 0.5) is 0 Å². The molecule has 0 aliphatic rings. The Bertz CT molecular complexity index is 1050. The highest BCUT2D eigenvalue weighted by molar-refractivity contribution is 5.98. The summed E-state index contributed by atoms with van der Waals surface area (Å²) in [7, 11) is 0. The molecular formula is C26H24O4. The molecule has 3 aromatic carbocycles. The van der Waals surface area contributed by atoms with Crippen LogP contribution in [0.1, 0.15) is 43.9 Å². The van der Waals surface area contributed by atoms with Crippen LogP contribution in [-0.4, -0.2) is 11.9 Å². The van der Waals surface area contributed by atoms with Gasteiger partial charge in [-0.2, -0.15) is 0 Å². The minimum atomic E-state index is -0.344. The van der Waals surface area contributed by atoms with Crippen LogP contribution < -0.4 is 9.47 Å². The number of benzene rings is 3. The Balaban J connectivity index is 2.11. The zero-order valence-corrected chi connectivity index (χ0v) is 17.3. The second-order valence-electron chi connectivity index (χ2n) is 6.81. The summed E-state index contributed by atoms with van der Waals surface area (Å²) in [5.41, 5.74) is 5.44. The number of hydrogen-bond donors (Lipinski definition) is 0. The molecule has 0 amide bonds. The molecule has 0 unspecified atom stereocenters. The first-order valence-corrected chi connectivity index (χ1v) is 9.84. The molecule has 0 aliphatic heterocycles. The Morgan fingerprint density at radius 3 is 1.50 bits per heavy atom. The van der Waals surface area contributed by atoms with Gasteiger partial charge in [0.2, 0.25) is 0 Å². The number of carbonyl (C=O) groups is 2. The summed E-state index contributed by atoms with van der Waals surface area (Å²) in [6.45, 7) is 4.89. The minimum Gasteiger partial charge on any atom is -0.427 e. The van der Waals surface area contributed by atoms with E-state index in [4.69, 9.17) is 9.47 Å². The predicted molar refractivity (Wildman–Crippen MR) is 118 cm³/mol. The van der Waals surface area contributed by atoms with Crippen molar-refractivity contribution in [3.63, 3.8) is 0 Å². The van der Waals surface area contributed by atoms with Gasteiger partial charge in [-0.15, -0.1) is 0 Å². The van der Waals surface area contributed by atoms with E-state index in [0.29, 0.717) is 11.5 Å². The monoisotopic (exact) mass is 400 g/mol. The molecule has 0 heterocycles. The van der Waals surface area contributed by atoms with Gasteiger partial charge < -0.3 is 9.47 Å². The van der Waals surface area contributed by atoms with Gasteiger partial charge in [0.05, 0.1) is 0 Å². The number of ether oxygens (including phenoxy) is 2. The maximum Gasteiger partial charge on any atom is 0.308 e. The third-order valence-corrected chi connectivity index (χ3v) is 4.59. The molecular weight excluding hydrogens is 376 g/mol. The standard InChI is InChI=1S/C26H24O4/c1-4-25(20-10-14-23(15-11-20)29-18(2)27)26(21-8-6-5-7-9-21)22-12-16-24(17-13-22)30-19(3)28/h5-17H,4H2,1-3H3/b26-25+. The van der Waals surface area contributed by atoms with Crippen LogP contribution in [-0.2, 0) is 9.59 Å². The van der Waals surface area contributed by atoms with Crippen molar-refractivity contribution in [1.29, 1.82) is 0 Å². The van der Waals surface area contributed by atoms with E-state index < -0.39 is 0 Å². The Morgan fingerprint density at radius 1 is 0.633 bits per heavy atom. The summed E-state index contributed by atoms with van der Waals surface area (Å²) in [5, 5.41) is 0. The van der Waals surface area contributed by atoms with Crippen LogP contribution in [0.2, 0.25) is 0 Å². The fourth-order valence-electron chi connectivity index (χ4n) is 3.39. The minimum absolute atomic E-state index is 0.341. The highest BCUT2D eigenvalue weighted by Gasteiger charge is 2.14. The third kappa shape index (κ3) is 5.23. The summed E-state index contributed by atoms with van der Waals surface area (Å²) in [6.07, 6.45) is 0.808. The van der Waals surface area contributed by atoms with E-state index in [1.54, 1.807) is 24.3 Å². The summed E-state index contributed by atoms with van der Waals surface area (Å²) >= 11 is 0. The zero-order valence-electron chi connectivity index (χ0n) is 17.3. The van der Waals surface area contributed by atoms with E-state index in [-0.39, 0.29) is 11.9 Å². The van der Waals surface area contributed by atoms with Crippen molar-refractivity contribution in [3.8, 4) is 11.5 Å². The fourth-order valence-corrected chi connectivity index (χ4v) is 3.39. The molecule has 0 atom stereocenters. The molecule has 3 aromatic rings. The molecule has 3 rings (SSSR count). The lowest BCUT2D eigenvalue weighted by molar-refractivity contribution is -0.132. The van der Waals surface area contributed by atoms with Crippen LogP contribution in [0.5, 0.6) is 11.5 Å². The van der Waals surface area contributed by atoms with Crippen LogP contribution >= 0.6 is 0 Å². The number of esters is 2. The summed E-state index contributed by atoms with van der Waals surface area (Å²) < 4.78 is 10.3. The predicted octanol–water partition coefficient (Wildman–Crippen LogP) is 5.91. The smallest absolute Gasteiger partial charge is 0.308 e. The fraction of sp³-hybridized carbons (Fsp3) is 0.154. The van der Waals surface area contributed by atoms with Gasteiger partial charge in [-0.05, 0) is 58.5 Å². The second kappa shape index (κ2) is 9.70. The molecule has 0 bridgehead atoms. The average Bonchev–Trinajstić information content (AvgIpc) is 2.73. The summed E-state index contributed by atoms with van der Waals surface area (Å²) in [5.74, 6) is 0.353. The molecule has 0 saturated heterocycles. The Kier molecular flexibility index (Phi) is 6.81. The molecule has 0 saturated carbocycles. The van der Waals surface area contributed by atoms with Gasteiger partial charge in [0.25, 0.3) is 0 Å². The maximum absolute atomic E-state index is 11.2. The second-order valence-corrected chi connectivity index (χ2v) is 6.81. The van der Waals surface area contributed by atoms with Crippen molar-refractivity contribution in [2.45, 2.75) is 27.2 Å². The lowest BCUT2D eigenvalue weighted by Gasteiger charge is -2.17. The molecule has 0 radical (unpaired) electrons. The Labute approximate surface area is 176 Å². The van der Waals surface area contributed by atoms with E-state index in [1.807, 2.05) is 42.5 Å². The van der Waals surface area contributed by atoms with Crippen LogP contribution in [0.25, 0.3) is 11.1 Å². The van der Waals surface area contributed by atoms with Gasteiger partial charge in [-0.25, -0.2) is 0 Å². The van der Waals surface area contributed by atoms with Gasteiger partial charge in [0, 0.05) is 13.8 Å². The quantitative estimate of drug-likeness (QED) is 0.293. The molecule has 152 valence electrons. The molecule has 0 fully saturated rings. The molecule has 0 N–H and O–H groups in total. The normalized spacial score (nSPS) is 11.4. The highest BCUT2D eigenvalue weighted by Crippen LogP contribution is 2.35. The number of carbonyl (C=O) groups excluding carboxylic acids is 2. The highest BCUT2D eigenvalue weighted by atomic mass is 16.5. The Hall–Kier alpha value is -3.66.